The lowest BCUT2D eigenvalue weighted by atomic mass is 9.98. The van der Waals surface area contributed by atoms with Crippen LogP contribution in [-0.2, 0) is 9.59 Å². The van der Waals surface area contributed by atoms with Gasteiger partial charge in [-0.05, 0) is 24.1 Å². The highest BCUT2D eigenvalue weighted by atomic mass is 79.9. The number of alkyl halides is 1. The molecule has 0 aromatic heterocycles. The second-order valence-corrected chi connectivity index (χ2v) is 4.78. The highest BCUT2D eigenvalue weighted by Crippen LogP contribution is 2.35. The molecule has 0 aliphatic heterocycles. The Morgan fingerprint density at radius 3 is 2.47 bits per heavy atom. The van der Waals surface area contributed by atoms with Crippen LogP contribution < -0.4 is 0 Å². The first-order chi connectivity index (χ1) is 7.86. The topological polar surface area (TPSA) is 74.6 Å². The molecule has 0 saturated carbocycles. The van der Waals surface area contributed by atoms with E-state index in [1.54, 1.807) is 0 Å². The van der Waals surface area contributed by atoms with E-state index in [-0.39, 0.29) is 21.9 Å². The van der Waals surface area contributed by atoms with Gasteiger partial charge in [0.05, 0.1) is 4.83 Å². The van der Waals surface area contributed by atoms with E-state index in [1.807, 2.05) is 0 Å². The molecule has 4 nitrogen and oxygen atoms in total. The van der Waals surface area contributed by atoms with Gasteiger partial charge in [-0.3, -0.25) is 4.79 Å². The van der Waals surface area contributed by atoms with E-state index < -0.39 is 16.9 Å². The minimum absolute atomic E-state index is 0.113. The fourth-order valence-corrected chi connectivity index (χ4v) is 2.33. The fraction of sp³-hybridized carbons (Fsp3) is 0.273. The Bertz CT molecular complexity index is 461. The summed E-state index contributed by atoms with van der Waals surface area (Å²) in [5, 5.41) is 18.6. The van der Waals surface area contributed by atoms with Crippen LogP contribution in [-0.4, -0.2) is 22.0 Å². The summed E-state index contributed by atoms with van der Waals surface area (Å²) >= 11 is 9.06. The van der Waals surface area contributed by atoms with Crippen molar-refractivity contribution >= 4 is 39.3 Å². The van der Waals surface area contributed by atoms with Gasteiger partial charge in [-0.2, -0.15) is 0 Å². The van der Waals surface area contributed by atoms with E-state index in [0.717, 1.165) is 0 Å². The van der Waals surface area contributed by atoms with Crippen LogP contribution in [0.4, 0.5) is 0 Å². The smallest absolute Gasteiger partial charge is 0.337 e. The zero-order chi connectivity index (χ0) is 13.2. The van der Waals surface area contributed by atoms with E-state index in [9.17, 15) is 14.7 Å². The normalized spacial score (nSPS) is 14.1. The van der Waals surface area contributed by atoms with Crippen LogP contribution in [0.3, 0.4) is 0 Å². The third kappa shape index (κ3) is 3.06. The summed E-state index contributed by atoms with van der Waals surface area (Å²) in [7, 11) is 0. The van der Waals surface area contributed by atoms with Crippen molar-refractivity contribution in [1.29, 1.82) is 0 Å². The molecule has 0 spiro atoms. The van der Waals surface area contributed by atoms with Gasteiger partial charge in [-0.1, -0.05) is 39.7 Å². The molecule has 0 saturated heterocycles. The summed E-state index contributed by atoms with van der Waals surface area (Å²) in [4.78, 5) is 21.3. The van der Waals surface area contributed by atoms with Crippen molar-refractivity contribution in [2.45, 2.75) is 17.9 Å². The number of carbonyl (C=O) groups excluding carboxylic acids is 1. The number of aliphatic hydroxyl groups excluding tert-OH is 1. The molecule has 1 rings (SSSR count). The Morgan fingerprint density at radius 1 is 1.41 bits per heavy atom. The van der Waals surface area contributed by atoms with E-state index in [1.165, 1.54) is 25.1 Å². The van der Waals surface area contributed by atoms with Gasteiger partial charge in [0.15, 0.2) is 6.10 Å². The van der Waals surface area contributed by atoms with Crippen LogP contribution in [0.25, 0.3) is 0 Å². The zero-order valence-corrected chi connectivity index (χ0v) is 11.2. The van der Waals surface area contributed by atoms with Gasteiger partial charge in [0.2, 0.25) is 0 Å². The van der Waals surface area contributed by atoms with Gasteiger partial charge < -0.3 is 10.2 Å². The van der Waals surface area contributed by atoms with Crippen LogP contribution in [0.2, 0.25) is 5.02 Å². The number of rotatable bonds is 4. The molecule has 0 fully saturated rings. The van der Waals surface area contributed by atoms with Crippen LogP contribution in [0, 0.1) is 0 Å². The Hall–Kier alpha value is -0.910. The average Bonchev–Trinajstić information content (AvgIpc) is 2.26. The molecule has 2 N–H and O–H groups in total. The number of aliphatic hydroxyl groups is 1. The Balaban J connectivity index is 3.36. The molecule has 1 aromatic carbocycles. The molecular weight excluding hydrogens is 311 g/mol. The maximum atomic E-state index is 11.3. The van der Waals surface area contributed by atoms with Crippen molar-refractivity contribution in [3.63, 3.8) is 0 Å². The quantitative estimate of drug-likeness (QED) is 0.836. The minimum atomic E-state index is -1.71. The highest BCUT2D eigenvalue weighted by molar-refractivity contribution is 9.09. The molecule has 0 aliphatic rings. The van der Waals surface area contributed by atoms with E-state index >= 15 is 0 Å². The van der Waals surface area contributed by atoms with Crippen molar-refractivity contribution in [3.05, 3.63) is 34.3 Å². The predicted molar refractivity (Wildman–Crippen MR) is 66.4 cm³/mol. The average molecular weight is 322 g/mol. The van der Waals surface area contributed by atoms with Crippen LogP contribution >= 0.6 is 27.5 Å². The van der Waals surface area contributed by atoms with Gasteiger partial charge >= 0.3 is 5.97 Å². The lowest BCUT2D eigenvalue weighted by Crippen LogP contribution is -2.15. The number of carboxylic acids is 1. The van der Waals surface area contributed by atoms with Crippen LogP contribution in [0.1, 0.15) is 29.0 Å². The number of benzene rings is 1. The van der Waals surface area contributed by atoms with Gasteiger partial charge in [0.25, 0.3) is 0 Å². The standard InChI is InChI=1S/C11H10BrClO4/c1-5(14)9(12)8-6(10(15)11(16)17)3-2-4-7(8)13/h2-4,9-10,15H,1H3,(H,16,17). The molecule has 2 atom stereocenters. The first kappa shape index (κ1) is 14.2. The summed E-state index contributed by atoms with van der Waals surface area (Å²) in [6.07, 6.45) is -1.71. The number of hydrogen-bond donors (Lipinski definition) is 2. The van der Waals surface area contributed by atoms with E-state index in [0.29, 0.717) is 0 Å². The van der Waals surface area contributed by atoms with Crippen molar-refractivity contribution < 1.29 is 19.8 Å². The Morgan fingerprint density at radius 2 is 2.00 bits per heavy atom. The van der Waals surface area contributed by atoms with E-state index in [2.05, 4.69) is 15.9 Å². The summed E-state index contributed by atoms with van der Waals surface area (Å²) in [5.74, 6) is -1.62. The number of ketones is 1. The SMILES string of the molecule is CC(=O)C(Br)c1c(Cl)cccc1C(O)C(=O)O. The first-order valence-electron chi connectivity index (χ1n) is 4.70. The number of carbonyl (C=O) groups is 2. The molecule has 0 radical (unpaired) electrons. The number of halogens is 2. The van der Waals surface area contributed by atoms with Crippen molar-refractivity contribution in [2.24, 2.45) is 0 Å². The van der Waals surface area contributed by atoms with Crippen molar-refractivity contribution in [1.82, 2.24) is 0 Å². The molecule has 6 heteroatoms. The third-order valence-electron chi connectivity index (χ3n) is 2.23. The number of aliphatic carboxylic acids is 1. The summed E-state index contributed by atoms with van der Waals surface area (Å²) in [6, 6.07) is 4.48. The number of Topliss-reactive ketones (excluding diaryl/α,β-unsaturated/α-hetero) is 1. The molecule has 0 amide bonds. The van der Waals surface area contributed by atoms with Crippen LogP contribution in [0.15, 0.2) is 18.2 Å². The monoisotopic (exact) mass is 320 g/mol. The summed E-state index contributed by atoms with van der Waals surface area (Å²) < 4.78 is 0. The zero-order valence-electron chi connectivity index (χ0n) is 8.85. The Kier molecular flexibility index (Phi) is 4.68. The third-order valence-corrected chi connectivity index (χ3v) is 3.66. The summed E-state index contributed by atoms with van der Waals surface area (Å²) in [6.45, 7) is 1.35. The minimum Gasteiger partial charge on any atom is -0.479 e. The second kappa shape index (κ2) is 5.62. The van der Waals surface area contributed by atoms with Gasteiger partial charge in [0.1, 0.15) is 5.78 Å². The number of hydrogen-bond acceptors (Lipinski definition) is 3. The molecule has 0 bridgehead atoms. The molecule has 2 unspecified atom stereocenters. The molecular formula is C11H10BrClO4. The molecule has 17 heavy (non-hydrogen) atoms. The predicted octanol–water partition coefficient (Wildman–Crippen LogP) is 2.48. The van der Waals surface area contributed by atoms with Gasteiger partial charge in [0, 0.05) is 5.02 Å². The number of carboxylic acid groups (broad SMARTS) is 1. The largest absolute Gasteiger partial charge is 0.479 e. The lowest BCUT2D eigenvalue weighted by Gasteiger charge is -2.16. The first-order valence-corrected chi connectivity index (χ1v) is 5.99. The molecule has 92 valence electrons. The summed E-state index contributed by atoms with van der Waals surface area (Å²) in [5.41, 5.74) is 0.402. The van der Waals surface area contributed by atoms with Gasteiger partial charge in [-0.15, -0.1) is 0 Å². The molecule has 0 heterocycles. The second-order valence-electron chi connectivity index (χ2n) is 3.46. The van der Waals surface area contributed by atoms with E-state index in [4.69, 9.17) is 16.7 Å². The fourth-order valence-electron chi connectivity index (χ4n) is 1.40. The molecule has 0 aliphatic carbocycles. The van der Waals surface area contributed by atoms with Crippen molar-refractivity contribution in [2.75, 3.05) is 0 Å². The van der Waals surface area contributed by atoms with Crippen molar-refractivity contribution in [3.8, 4) is 0 Å². The molecule has 1 aromatic rings. The Labute approximate surface area is 111 Å². The van der Waals surface area contributed by atoms with Crippen LogP contribution in [0.5, 0.6) is 0 Å². The lowest BCUT2D eigenvalue weighted by molar-refractivity contribution is -0.147. The maximum Gasteiger partial charge on any atom is 0.337 e. The maximum absolute atomic E-state index is 11.3. The van der Waals surface area contributed by atoms with Gasteiger partial charge in [-0.25, -0.2) is 4.79 Å². The highest BCUT2D eigenvalue weighted by Gasteiger charge is 2.26.